The third-order valence-electron chi connectivity index (χ3n) is 5.70. The maximum absolute atomic E-state index is 12.9. The van der Waals surface area contributed by atoms with Crippen molar-refractivity contribution in [2.24, 2.45) is 5.92 Å². The number of nitrogens with one attached hydrogen (secondary N) is 1. The lowest BCUT2D eigenvalue weighted by Crippen LogP contribution is -2.44. The number of amides is 1. The molecule has 1 aromatic heterocycles. The average Bonchev–Trinajstić information content (AvgIpc) is 3.25. The first-order valence-corrected chi connectivity index (χ1v) is 11.2. The minimum Gasteiger partial charge on any atom is -0.480 e. The fraction of sp³-hybridized carbons (Fsp3) is 0.250. The van der Waals surface area contributed by atoms with E-state index < -0.39 is 17.9 Å². The lowest BCUT2D eigenvalue weighted by Gasteiger charge is -2.18. The Morgan fingerprint density at radius 2 is 1.74 bits per heavy atom. The Morgan fingerprint density at radius 3 is 2.35 bits per heavy atom. The molecule has 6 nitrogen and oxygen atoms in total. The van der Waals surface area contributed by atoms with E-state index in [2.05, 4.69) is 5.32 Å². The fourth-order valence-electron chi connectivity index (χ4n) is 3.71. The quantitative estimate of drug-likeness (QED) is 0.447. The summed E-state index contributed by atoms with van der Waals surface area (Å²) in [6.07, 6.45) is 5.76. The standard InChI is InChI=1S/C28H30N2O4/c1-18(2)25(28(33)34)29-27(32)23-14-11-21(17-20(23)4)7-5-15-30-16-6-8-24(30)26(31)22-12-9-19(3)10-13-22/h5-14,16-18,25H,15H2,1-4H3,(H,29,32)(H,33,34)/b7-5+/t25-/m0/s1. The van der Waals surface area contributed by atoms with Crippen molar-refractivity contribution in [2.75, 3.05) is 0 Å². The van der Waals surface area contributed by atoms with Gasteiger partial charge in [-0.15, -0.1) is 0 Å². The number of carboxylic acids is 1. The molecule has 2 N–H and O–H groups in total. The second-order valence-electron chi connectivity index (χ2n) is 8.75. The minimum atomic E-state index is -1.05. The maximum Gasteiger partial charge on any atom is 0.326 e. The van der Waals surface area contributed by atoms with Gasteiger partial charge < -0.3 is 15.0 Å². The maximum atomic E-state index is 12.9. The second kappa shape index (κ2) is 10.8. The smallest absolute Gasteiger partial charge is 0.326 e. The number of carbonyl (C=O) groups is 3. The summed E-state index contributed by atoms with van der Waals surface area (Å²) in [5, 5.41) is 11.9. The number of rotatable bonds is 9. The molecule has 34 heavy (non-hydrogen) atoms. The zero-order valence-corrected chi connectivity index (χ0v) is 19.9. The predicted molar refractivity (Wildman–Crippen MR) is 133 cm³/mol. The van der Waals surface area contributed by atoms with Gasteiger partial charge in [-0.2, -0.15) is 0 Å². The number of allylic oxidation sites excluding steroid dienone is 1. The van der Waals surface area contributed by atoms with Crippen LogP contribution in [-0.2, 0) is 11.3 Å². The van der Waals surface area contributed by atoms with Crippen molar-refractivity contribution in [2.45, 2.75) is 40.3 Å². The molecule has 0 bridgehead atoms. The Balaban J connectivity index is 1.69. The van der Waals surface area contributed by atoms with Crippen molar-refractivity contribution in [3.8, 4) is 0 Å². The first kappa shape index (κ1) is 24.7. The third-order valence-corrected chi connectivity index (χ3v) is 5.70. The number of carbonyl (C=O) groups excluding carboxylic acids is 2. The Bertz CT molecular complexity index is 1220. The molecule has 3 aromatic rings. The normalized spacial score (nSPS) is 12.1. The van der Waals surface area contributed by atoms with E-state index >= 15 is 0 Å². The molecule has 2 aromatic carbocycles. The lowest BCUT2D eigenvalue weighted by molar-refractivity contribution is -0.140. The van der Waals surface area contributed by atoms with E-state index in [-0.39, 0.29) is 11.7 Å². The van der Waals surface area contributed by atoms with E-state index in [0.29, 0.717) is 23.4 Å². The van der Waals surface area contributed by atoms with Crippen molar-refractivity contribution in [1.82, 2.24) is 9.88 Å². The number of aryl methyl sites for hydroxylation is 2. The highest BCUT2D eigenvalue weighted by molar-refractivity contribution is 6.08. The number of aromatic nitrogens is 1. The summed E-state index contributed by atoms with van der Waals surface area (Å²) in [6, 6.07) is 15.7. The van der Waals surface area contributed by atoms with E-state index in [9.17, 15) is 19.5 Å². The Labute approximate surface area is 199 Å². The van der Waals surface area contributed by atoms with Crippen molar-refractivity contribution in [3.63, 3.8) is 0 Å². The van der Waals surface area contributed by atoms with Crippen LogP contribution in [0.15, 0.2) is 66.9 Å². The largest absolute Gasteiger partial charge is 0.480 e. The van der Waals surface area contributed by atoms with Crippen molar-refractivity contribution < 1.29 is 19.5 Å². The molecule has 1 heterocycles. The Hall–Kier alpha value is -3.93. The van der Waals surface area contributed by atoms with Gasteiger partial charge in [-0.1, -0.05) is 68.0 Å². The Morgan fingerprint density at radius 1 is 1.03 bits per heavy atom. The summed E-state index contributed by atoms with van der Waals surface area (Å²) in [7, 11) is 0. The van der Waals surface area contributed by atoms with E-state index in [1.165, 1.54) is 0 Å². The molecule has 0 aliphatic heterocycles. The van der Waals surface area contributed by atoms with Gasteiger partial charge in [0.15, 0.2) is 0 Å². The first-order valence-electron chi connectivity index (χ1n) is 11.2. The van der Waals surface area contributed by atoms with Crippen LogP contribution in [0.3, 0.4) is 0 Å². The van der Waals surface area contributed by atoms with Gasteiger partial charge in [0, 0.05) is 23.9 Å². The molecule has 0 fully saturated rings. The number of ketones is 1. The summed E-state index contributed by atoms with van der Waals surface area (Å²) >= 11 is 0. The summed E-state index contributed by atoms with van der Waals surface area (Å²) in [6.45, 7) is 7.84. The van der Waals surface area contributed by atoms with Crippen LogP contribution in [0.5, 0.6) is 0 Å². The van der Waals surface area contributed by atoms with E-state index in [1.54, 1.807) is 19.9 Å². The molecule has 0 aliphatic rings. The van der Waals surface area contributed by atoms with Gasteiger partial charge >= 0.3 is 5.97 Å². The summed E-state index contributed by atoms with van der Waals surface area (Å²) < 4.78 is 1.89. The van der Waals surface area contributed by atoms with Crippen molar-refractivity contribution in [1.29, 1.82) is 0 Å². The molecule has 6 heteroatoms. The van der Waals surface area contributed by atoms with Gasteiger partial charge in [0.05, 0.1) is 5.69 Å². The predicted octanol–water partition coefficient (Wildman–Crippen LogP) is 4.89. The number of benzene rings is 2. The molecular formula is C28H30N2O4. The van der Waals surface area contributed by atoms with Crippen molar-refractivity contribution >= 4 is 23.7 Å². The number of aliphatic carboxylic acids is 1. The number of nitrogens with zero attached hydrogens (tertiary/aromatic N) is 1. The molecule has 0 spiro atoms. The molecule has 1 atom stereocenters. The summed E-state index contributed by atoms with van der Waals surface area (Å²) in [5.74, 6) is -1.70. The van der Waals surface area contributed by atoms with Gasteiger partial charge in [0.25, 0.3) is 5.91 Å². The lowest BCUT2D eigenvalue weighted by atomic mass is 10.0. The van der Waals surface area contributed by atoms with Gasteiger partial charge in [-0.3, -0.25) is 9.59 Å². The summed E-state index contributed by atoms with van der Waals surface area (Å²) in [5.41, 5.74) is 4.49. The Kier molecular flexibility index (Phi) is 7.84. The molecule has 3 rings (SSSR count). The molecule has 0 unspecified atom stereocenters. The third kappa shape index (κ3) is 5.90. The van der Waals surface area contributed by atoms with Crippen LogP contribution >= 0.6 is 0 Å². The number of hydrogen-bond acceptors (Lipinski definition) is 3. The topological polar surface area (TPSA) is 88.4 Å². The minimum absolute atomic E-state index is 0.0225. The molecule has 0 saturated heterocycles. The zero-order valence-electron chi connectivity index (χ0n) is 19.9. The molecule has 1 amide bonds. The van der Waals surface area contributed by atoms with Gasteiger partial charge in [0.2, 0.25) is 5.78 Å². The summed E-state index contributed by atoms with van der Waals surface area (Å²) in [4.78, 5) is 36.8. The van der Waals surface area contributed by atoms with Crippen LogP contribution in [0.25, 0.3) is 6.08 Å². The van der Waals surface area contributed by atoms with Crippen LogP contribution in [0, 0.1) is 19.8 Å². The SMILES string of the molecule is Cc1ccc(C(=O)c2cccn2C/C=C/c2ccc(C(=O)N[C@H](C(=O)O)C(C)C)c(C)c2)cc1. The van der Waals surface area contributed by atoms with E-state index in [4.69, 9.17) is 0 Å². The van der Waals surface area contributed by atoms with E-state index in [0.717, 1.165) is 16.7 Å². The molecule has 0 radical (unpaired) electrons. The van der Waals surface area contributed by atoms with Gasteiger partial charge in [-0.25, -0.2) is 4.79 Å². The highest BCUT2D eigenvalue weighted by atomic mass is 16.4. The molecular weight excluding hydrogens is 428 g/mol. The van der Waals surface area contributed by atoms with Gasteiger partial charge in [-0.05, 0) is 49.1 Å². The highest BCUT2D eigenvalue weighted by Gasteiger charge is 2.24. The van der Waals surface area contributed by atoms with Crippen LogP contribution in [0.2, 0.25) is 0 Å². The molecule has 0 aliphatic carbocycles. The van der Waals surface area contributed by atoms with Crippen LogP contribution in [0.4, 0.5) is 0 Å². The zero-order chi connectivity index (χ0) is 24.8. The number of carboxylic acid groups (broad SMARTS) is 1. The fourth-order valence-corrected chi connectivity index (χ4v) is 3.71. The van der Waals surface area contributed by atoms with Crippen LogP contribution in [0.1, 0.15) is 56.9 Å². The van der Waals surface area contributed by atoms with E-state index in [1.807, 2.05) is 85.3 Å². The van der Waals surface area contributed by atoms with Crippen molar-refractivity contribution in [3.05, 3.63) is 100 Å². The highest BCUT2D eigenvalue weighted by Crippen LogP contribution is 2.15. The monoisotopic (exact) mass is 458 g/mol. The molecule has 0 saturated carbocycles. The number of hydrogen-bond donors (Lipinski definition) is 2. The average molecular weight is 459 g/mol. The molecule has 176 valence electrons. The first-order chi connectivity index (χ1) is 16.2. The van der Waals surface area contributed by atoms with Crippen LogP contribution in [-0.4, -0.2) is 33.4 Å². The van der Waals surface area contributed by atoms with Crippen LogP contribution < -0.4 is 5.32 Å². The second-order valence-corrected chi connectivity index (χ2v) is 8.75. The van der Waals surface area contributed by atoms with Gasteiger partial charge in [0.1, 0.15) is 6.04 Å².